The van der Waals surface area contributed by atoms with E-state index in [1.807, 2.05) is 12.1 Å². The first-order chi connectivity index (χ1) is 12.1. The van der Waals surface area contributed by atoms with Crippen LogP contribution in [0.4, 0.5) is 14.6 Å². The van der Waals surface area contributed by atoms with Crippen LogP contribution in [-0.2, 0) is 6.54 Å². The molecule has 25 heavy (non-hydrogen) atoms. The molecular formula is C19H21F2N3O. The maximum atomic E-state index is 13.6. The van der Waals surface area contributed by atoms with Gasteiger partial charge in [-0.25, -0.2) is 13.8 Å². The van der Waals surface area contributed by atoms with E-state index in [-0.39, 0.29) is 6.54 Å². The van der Waals surface area contributed by atoms with Crippen LogP contribution in [-0.4, -0.2) is 24.0 Å². The van der Waals surface area contributed by atoms with E-state index in [1.165, 1.54) is 31.7 Å². The molecule has 1 aliphatic rings. The lowest BCUT2D eigenvalue weighted by atomic mass is 10.2. The highest BCUT2D eigenvalue weighted by molar-refractivity contribution is 5.94. The Bertz CT molecular complexity index is 706. The molecule has 0 aliphatic carbocycles. The average Bonchev–Trinajstić information content (AvgIpc) is 2.90. The Balaban J connectivity index is 1.61. The highest BCUT2D eigenvalue weighted by atomic mass is 19.1. The number of hydrogen-bond donors (Lipinski definition) is 1. The second-order valence-corrected chi connectivity index (χ2v) is 6.21. The van der Waals surface area contributed by atoms with Gasteiger partial charge in [-0.3, -0.25) is 4.79 Å². The van der Waals surface area contributed by atoms with E-state index >= 15 is 0 Å². The summed E-state index contributed by atoms with van der Waals surface area (Å²) in [4.78, 5) is 18.7. The molecule has 0 spiro atoms. The fraction of sp³-hybridized carbons (Fsp3) is 0.368. The minimum Gasteiger partial charge on any atom is -0.357 e. The van der Waals surface area contributed by atoms with Gasteiger partial charge in [0.05, 0.1) is 0 Å². The van der Waals surface area contributed by atoms with Gasteiger partial charge in [0.2, 0.25) is 0 Å². The number of nitrogens with zero attached hydrogens (tertiary/aromatic N) is 2. The van der Waals surface area contributed by atoms with Crippen molar-refractivity contribution in [1.82, 2.24) is 10.3 Å². The van der Waals surface area contributed by atoms with E-state index in [2.05, 4.69) is 15.2 Å². The number of halogens is 2. The van der Waals surface area contributed by atoms with Crippen molar-refractivity contribution in [3.8, 4) is 0 Å². The lowest BCUT2D eigenvalue weighted by Crippen LogP contribution is -2.26. The van der Waals surface area contributed by atoms with Gasteiger partial charge in [0.1, 0.15) is 23.0 Å². The van der Waals surface area contributed by atoms with Crippen molar-refractivity contribution in [2.24, 2.45) is 0 Å². The number of pyridine rings is 1. The molecule has 0 saturated carbocycles. The van der Waals surface area contributed by atoms with Crippen LogP contribution in [0.1, 0.15) is 41.6 Å². The second-order valence-electron chi connectivity index (χ2n) is 6.21. The van der Waals surface area contributed by atoms with Crippen molar-refractivity contribution in [2.75, 3.05) is 18.0 Å². The predicted octanol–water partition coefficient (Wildman–Crippen LogP) is 3.67. The summed E-state index contributed by atoms with van der Waals surface area (Å²) in [6.07, 6.45) is 6.56. The highest BCUT2D eigenvalue weighted by Gasteiger charge is 2.16. The lowest BCUT2D eigenvalue weighted by molar-refractivity contribution is 0.0942. The van der Waals surface area contributed by atoms with Crippen molar-refractivity contribution in [1.29, 1.82) is 0 Å². The first-order valence-electron chi connectivity index (χ1n) is 8.57. The smallest absolute Gasteiger partial charge is 0.257 e. The first kappa shape index (κ1) is 17.3. The van der Waals surface area contributed by atoms with E-state index in [0.717, 1.165) is 36.6 Å². The summed E-state index contributed by atoms with van der Waals surface area (Å²) in [5.41, 5.74) is 0.223. The molecule has 2 aromatic rings. The van der Waals surface area contributed by atoms with Gasteiger partial charge < -0.3 is 10.2 Å². The number of carbonyl (C=O) groups is 1. The number of rotatable bonds is 4. The summed E-state index contributed by atoms with van der Waals surface area (Å²) in [7, 11) is 0. The molecule has 1 aliphatic heterocycles. The minimum atomic E-state index is -0.868. The normalized spacial score (nSPS) is 14.9. The van der Waals surface area contributed by atoms with Gasteiger partial charge in [0.15, 0.2) is 0 Å². The van der Waals surface area contributed by atoms with Crippen LogP contribution in [0.5, 0.6) is 0 Å². The van der Waals surface area contributed by atoms with E-state index in [0.29, 0.717) is 0 Å². The van der Waals surface area contributed by atoms with Gasteiger partial charge in [-0.05, 0) is 36.6 Å². The molecule has 2 heterocycles. The van der Waals surface area contributed by atoms with Gasteiger partial charge in [0, 0.05) is 25.8 Å². The number of hydrogen-bond acceptors (Lipinski definition) is 3. The third-order valence-electron chi connectivity index (χ3n) is 4.38. The van der Waals surface area contributed by atoms with E-state index in [4.69, 9.17) is 0 Å². The molecule has 1 aromatic heterocycles. The zero-order chi connectivity index (χ0) is 17.6. The highest BCUT2D eigenvalue weighted by Crippen LogP contribution is 2.17. The standard InChI is InChI=1S/C19H21F2N3O/c20-15-6-5-7-16(21)18(15)19(25)23-13-14-8-9-17(22-12-14)24-10-3-1-2-4-11-24/h5-9,12H,1-4,10-11,13H2,(H,23,25). The number of carbonyl (C=O) groups excluding carboxylic acids is 1. The minimum absolute atomic E-state index is 0.167. The summed E-state index contributed by atoms with van der Waals surface area (Å²) in [5, 5.41) is 2.53. The first-order valence-corrected chi connectivity index (χ1v) is 8.57. The molecule has 4 nitrogen and oxygen atoms in total. The number of aromatic nitrogens is 1. The Hall–Kier alpha value is -2.50. The molecule has 0 radical (unpaired) electrons. The maximum Gasteiger partial charge on any atom is 0.257 e. The topological polar surface area (TPSA) is 45.2 Å². The fourth-order valence-corrected chi connectivity index (χ4v) is 2.99. The number of amides is 1. The van der Waals surface area contributed by atoms with Crippen molar-refractivity contribution in [3.05, 3.63) is 59.3 Å². The van der Waals surface area contributed by atoms with Crippen LogP contribution in [0.3, 0.4) is 0 Å². The Morgan fingerprint density at radius 3 is 2.32 bits per heavy atom. The van der Waals surface area contributed by atoms with Crippen LogP contribution in [0, 0.1) is 11.6 Å². The van der Waals surface area contributed by atoms with Crippen LogP contribution >= 0.6 is 0 Å². The zero-order valence-corrected chi connectivity index (χ0v) is 14.0. The molecule has 1 amide bonds. The zero-order valence-electron chi connectivity index (χ0n) is 14.0. The summed E-state index contributed by atoms with van der Waals surface area (Å²) >= 11 is 0. The molecular weight excluding hydrogens is 324 g/mol. The molecule has 0 bridgehead atoms. The summed E-state index contributed by atoms with van der Waals surface area (Å²) < 4.78 is 27.2. The van der Waals surface area contributed by atoms with Gasteiger partial charge in [-0.15, -0.1) is 0 Å². The SMILES string of the molecule is O=C(NCc1ccc(N2CCCCCC2)nc1)c1c(F)cccc1F. The van der Waals surface area contributed by atoms with Crippen LogP contribution in [0.2, 0.25) is 0 Å². The van der Waals surface area contributed by atoms with Gasteiger partial charge >= 0.3 is 0 Å². The number of benzene rings is 1. The summed E-state index contributed by atoms with van der Waals surface area (Å²) in [6, 6.07) is 7.17. The van der Waals surface area contributed by atoms with Crippen molar-refractivity contribution >= 4 is 11.7 Å². The monoisotopic (exact) mass is 345 g/mol. The molecule has 1 N–H and O–H groups in total. The second kappa shape index (κ2) is 8.05. The molecule has 0 atom stereocenters. The van der Waals surface area contributed by atoms with Gasteiger partial charge in [-0.1, -0.05) is 25.0 Å². The predicted molar refractivity (Wildman–Crippen MR) is 92.4 cm³/mol. The summed E-state index contributed by atoms with van der Waals surface area (Å²) in [6.45, 7) is 2.19. The number of nitrogens with one attached hydrogen (secondary N) is 1. The Morgan fingerprint density at radius 1 is 1.04 bits per heavy atom. The van der Waals surface area contributed by atoms with Gasteiger partial charge in [0.25, 0.3) is 5.91 Å². The van der Waals surface area contributed by atoms with Crippen LogP contribution in [0.25, 0.3) is 0 Å². The number of anilines is 1. The van der Waals surface area contributed by atoms with E-state index in [9.17, 15) is 13.6 Å². The fourth-order valence-electron chi connectivity index (χ4n) is 2.99. The summed E-state index contributed by atoms with van der Waals surface area (Å²) in [5.74, 6) is -1.58. The largest absolute Gasteiger partial charge is 0.357 e. The van der Waals surface area contributed by atoms with E-state index < -0.39 is 23.1 Å². The molecule has 132 valence electrons. The van der Waals surface area contributed by atoms with Crippen molar-refractivity contribution in [3.63, 3.8) is 0 Å². The Kier molecular flexibility index (Phi) is 5.58. The van der Waals surface area contributed by atoms with Gasteiger partial charge in [-0.2, -0.15) is 0 Å². The molecule has 3 rings (SSSR count). The third-order valence-corrected chi connectivity index (χ3v) is 4.38. The maximum absolute atomic E-state index is 13.6. The Labute approximate surface area is 145 Å². The van der Waals surface area contributed by atoms with Crippen molar-refractivity contribution < 1.29 is 13.6 Å². The van der Waals surface area contributed by atoms with Crippen LogP contribution < -0.4 is 10.2 Å². The molecule has 1 fully saturated rings. The van der Waals surface area contributed by atoms with Crippen molar-refractivity contribution in [2.45, 2.75) is 32.2 Å². The lowest BCUT2D eigenvalue weighted by Gasteiger charge is -2.21. The quantitative estimate of drug-likeness (QED) is 0.920. The molecule has 0 unspecified atom stereocenters. The van der Waals surface area contributed by atoms with Crippen LogP contribution in [0.15, 0.2) is 36.5 Å². The van der Waals surface area contributed by atoms with E-state index in [1.54, 1.807) is 6.20 Å². The molecule has 6 heteroatoms. The molecule has 1 aromatic carbocycles. The average molecular weight is 345 g/mol. The Morgan fingerprint density at radius 2 is 1.72 bits per heavy atom. The third kappa shape index (κ3) is 4.32. The molecule has 1 saturated heterocycles.